The Hall–Kier alpha value is -3.39. The first-order valence-corrected chi connectivity index (χ1v) is 9.09. The van der Waals surface area contributed by atoms with Crippen LogP contribution in [0.1, 0.15) is 17.3 Å². The van der Waals surface area contributed by atoms with Crippen LogP contribution in [0.4, 0.5) is 11.5 Å². The van der Waals surface area contributed by atoms with Crippen LogP contribution in [0.15, 0.2) is 42.7 Å². The molecule has 0 radical (unpaired) electrons. The van der Waals surface area contributed by atoms with Gasteiger partial charge in [0.05, 0.1) is 26.5 Å². The van der Waals surface area contributed by atoms with Gasteiger partial charge in [0.25, 0.3) is 0 Å². The average Bonchev–Trinajstić information content (AvgIpc) is 2.74. The second-order valence-electron chi connectivity index (χ2n) is 5.72. The van der Waals surface area contributed by atoms with Crippen LogP contribution in [-0.4, -0.2) is 41.7 Å². The lowest BCUT2D eigenvalue weighted by molar-refractivity contribution is 0.0526. The Balaban J connectivity index is 2.02. The standard InChI is InChI=1S/C20H19ClN4O4/c1-4-29-19(26)14-11-23-20(21)25-18(14)24-15-7-5-6-13(17(15)28-3)12-8-9-16(27-2)22-10-12/h5-11H,4H2,1-3H3,(H,23,24,25). The van der Waals surface area contributed by atoms with Crippen molar-refractivity contribution in [2.45, 2.75) is 6.92 Å². The quantitative estimate of drug-likeness (QED) is 0.455. The lowest BCUT2D eigenvalue weighted by Gasteiger charge is -2.16. The van der Waals surface area contributed by atoms with Crippen molar-refractivity contribution in [3.8, 4) is 22.8 Å². The molecule has 150 valence electrons. The van der Waals surface area contributed by atoms with E-state index in [-0.39, 0.29) is 23.3 Å². The number of esters is 1. The molecule has 0 aliphatic heterocycles. The van der Waals surface area contributed by atoms with Crippen LogP contribution >= 0.6 is 11.6 Å². The molecule has 0 unspecified atom stereocenters. The Morgan fingerprint density at radius 3 is 2.59 bits per heavy atom. The van der Waals surface area contributed by atoms with E-state index in [0.29, 0.717) is 17.3 Å². The predicted octanol–water partition coefficient (Wildman–Crippen LogP) is 4.13. The molecule has 3 aromatic rings. The summed E-state index contributed by atoms with van der Waals surface area (Å²) in [5.41, 5.74) is 2.37. The van der Waals surface area contributed by atoms with Crippen molar-refractivity contribution in [2.75, 3.05) is 26.1 Å². The highest BCUT2D eigenvalue weighted by Crippen LogP contribution is 2.38. The SMILES string of the molecule is CCOC(=O)c1cnc(Cl)nc1Nc1cccc(-c2ccc(OC)nc2)c1OC. The van der Waals surface area contributed by atoms with Gasteiger partial charge < -0.3 is 19.5 Å². The van der Waals surface area contributed by atoms with Crippen LogP contribution in [0.2, 0.25) is 5.28 Å². The zero-order chi connectivity index (χ0) is 20.8. The molecule has 0 spiro atoms. The van der Waals surface area contributed by atoms with E-state index in [1.807, 2.05) is 18.2 Å². The van der Waals surface area contributed by atoms with Gasteiger partial charge >= 0.3 is 5.97 Å². The van der Waals surface area contributed by atoms with Crippen LogP contribution in [0.5, 0.6) is 11.6 Å². The number of halogens is 1. The number of methoxy groups -OCH3 is 2. The zero-order valence-corrected chi connectivity index (χ0v) is 16.9. The van der Waals surface area contributed by atoms with E-state index in [4.69, 9.17) is 25.8 Å². The number of rotatable bonds is 7. The molecule has 9 heteroatoms. The molecule has 0 aliphatic rings. The Labute approximate surface area is 172 Å². The molecule has 2 aromatic heterocycles. The second-order valence-corrected chi connectivity index (χ2v) is 6.06. The van der Waals surface area contributed by atoms with Crippen LogP contribution in [0.25, 0.3) is 11.1 Å². The first kappa shape index (κ1) is 20.3. The minimum absolute atomic E-state index is 0.00461. The summed E-state index contributed by atoms with van der Waals surface area (Å²) in [7, 11) is 3.11. The maximum atomic E-state index is 12.2. The number of nitrogens with one attached hydrogen (secondary N) is 1. The van der Waals surface area contributed by atoms with E-state index in [9.17, 15) is 4.79 Å². The van der Waals surface area contributed by atoms with Gasteiger partial charge in [0.15, 0.2) is 0 Å². The van der Waals surface area contributed by atoms with Crippen molar-refractivity contribution in [1.29, 1.82) is 0 Å². The molecule has 2 heterocycles. The molecule has 0 aliphatic carbocycles. The maximum Gasteiger partial charge on any atom is 0.343 e. The fourth-order valence-electron chi connectivity index (χ4n) is 2.68. The van der Waals surface area contributed by atoms with Crippen LogP contribution in [0, 0.1) is 0 Å². The summed E-state index contributed by atoms with van der Waals surface area (Å²) in [4.78, 5) is 24.5. The van der Waals surface area contributed by atoms with E-state index in [0.717, 1.165) is 11.1 Å². The van der Waals surface area contributed by atoms with Gasteiger partial charge in [-0.15, -0.1) is 0 Å². The van der Waals surface area contributed by atoms with E-state index in [2.05, 4.69) is 20.3 Å². The third-order valence-electron chi connectivity index (χ3n) is 3.98. The first-order chi connectivity index (χ1) is 14.1. The zero-order valence-electron chi connectivity index (χ0n) is 16.1. The highest BCUT2D eigenvalue weighted by Gasteiger charge is 2.18. The van der Waals surface area contributed by atoms with Crippen molar-refractivity contribution >= 4 is 29.1 Å². The fraction of sp³-hybridized carbons (Fsp3) is 0.200. The van der Waals surface area contributed by atoms with E-state index < -0.39 is 5.97 Å². The second kappa shape index (κ2) is 9.20. The van der Waals surface area contributed by atoms with Crippen LogP contribution < -0.4 is 14.8 Å². The van der Waals surface area contributed by atoms with E-state index in [1.165, 1.54) is 6.20 Å². The van der Waals surface area contributed by atoms with Crippen LogP contribution in [0.3, 0.4) is 0 Å². The van der Waals surface area contributed by atoms with Gasteiger partial charge in [-0.2, -0.15) is 4.98 Å². The molecule has 0 fully saturated rings. The molecule has 29 heavy (non-hydrogen) atoms. The minimum Gasteiger partial charge on any atom is -0.494 e. The Morgan fingerprint density at radius 2 is 1.93 bits per heavy atom. The predicted molar refractivity (Wildman–Crippen MR) is 109 cm³/mol. The summed E-state index contributed by atoms with van der Waals surface area (Å²) in [5.74, 6) is 0.716. The summed E-state index contributed by atoms with van der Waals surface area (Å²) in [6.07, 6.45) is 3.01. The first-order valence-electron chi connectivity index (χ1n) is 8.71. The normalized spacial score (nSPS) is 10.3. The number of hydrogen-bond acceptors (Lipinski definition) is 8. The topological polar surface area (TPSA) is 95.5 Å². The van der Waals surface area contributed by atoms with Gasteiger partial charge in [-0.3, -0.25) is 0 Å². The molecule has 0 bridgehead atoms. The largest absolute Gasteiger partial charge is 0.494 e. The molecule has 0 amide bonds. The summed E-state index contributed by atoms with van der Waals surface area (Å²) in [6.45, 7) is 1.95. The van der Waals surface area contributed by atoms with Crippen molar-refractivity contribution < 1.29 is 19.0 Å². The molecular formula is C20H19ClN4O4. The van der Waals surface area contributed by atoms with Gasteiger partial charge in [-0.05, 0) is 30.7 Å². The molecule has 1 N–H and O–H groups in total. The Kier molecular flexibility index (Phi) is 6.46. The number of carbonyl (C=O) groups excluding carboxylic acids is 1. The number of benzene rings is 1. The minimum atomic E-state index is -0.554. The molecule has 8 nitrogen and oxygen atoms in total. The van der Waals surface area contributed by atoms with Gasteiger partial charge in [0.1, 0.15) is 17.1 Å². The number of carbonyl (C=O) groups is 1. The molecular weight excluding hydrogens is 396 g/mol. The number of hydrogen-bond donors (Lipinski definition) is 1. The fourth-order valence-corrected chi connectivity index (χ4v) is 2.82. The average molecular weight is 415 g/mol. The highest BCUT2D eigenvalue weighted by atomic mass is 35.5. The number of para-hydroxylation sites is 1. The lowest BCUT2D eigenvalue weighted by Crippen LogP contribution is -2.10. The van der Waals surface area contributed by atoms with Gasteiger partial charge in [0.2, 0.25) is 11.2 Å². The van der Waals surface area contributed by atoms with E-state index >= 15 is 0 Å². The monoisotopic (exact) mass is 414 g/mol. The third-order valence-corrected chi connectivity index (χ3v) is 4.17. The summed E-state index contributed by atoms with van der Waals surface area (Å²) in [5, 5.41) is 3.09. The van der Waals surface area contributed by atoms with Gasteiger partial charge in [0, 0.05) is 29.6 Å². The number of nitrogens with zero attached hydrogens (tertiary/aromatic N) is 3. The molecule has 3 rings (SSSR count). The van der Waals surface area contributed by atoms with Crippen molar-refractivity contribution in [3.63, 3.8) is 0 Å². The maximum absolute atomic E-state index is 12.2. The van der Waals surface area contributed by atoms with E-state index in [1.54, 1.807) is 39.5 Å². The number of aromatic nitrogens is 3. The lowest BCUT2D eigenvalue weighted by atomic mass is 10.1. The smallest absolute Gasteiger partial charge is 0.343 e. The molecule has 0 saturated carbocycles. The van der Waals surface area contributed by atoms with Gasteiger partial charge in [-0.25, -0.2) is 14.8 Å². The van der Waals surface area contributed by atoms with Crippen molar-refractivity contribution in [2.24, 2.45) is 0 Å². The molecule has 1 aromatic carbocycles. The third kappa shape index (κ3) is 4.55. The number of ether oxygens (including phenoxy) is 3. The summed E-state index contributed by atoms with van der Waals surface area (Å²) in [6, 6.07) is 9.17. The Bertz CT molecular complexity index is 1010. The van der Waals surface area contributed by atoms with Crippen LogP contribution in [-0.2, 0) is 4.74 Å². The summed E-state index contributed by atoms with van der Waals surface area (Å²) < 4.78 is 15.8. The van der Waals surface area contributed by atoms with Crippen molar-refractivity contribution in [3.05, 3.63) is 53.6 Å². The van der Waals surface area contributed by atoms with Crippen molar-refractivity contribution in [1.82, 2.24) is 15.0 Å². The highest BCUT2D eigenvalue weighted by molar-refractivity contribution is 6.28. The molecule has 0 saturated heterocycles. The Morgan fingerprint density at radius 1 is 1.10 bits per heavy atom. The summed E-state index contributed by atoms with van der Waals surface area (Å²) >= 11 is 5.93. The molecule has 0 atom stereocenters. The van der Waals surface area contributed by atoms with Gasteiger partial charge in [-0.1, -0.05) is 12.1 Å². The number of pyridine rings is 1. The number of anilines is 2.